The van der Waals surface area contributed by atoms with Gasteiger partial charge in [-0.2, -0.15) is 5.10 Å². The SMILES string of the molecule is Cc1c(OC2CCC(CCC=O)CC2)cccc1-c1ccc(N2CCc3cccc(C(=O)Nc4nc5ccccc5s4)c3C2)nc1C(=O)OC(C)(C)C.Cc1c(OC2CCC(CCCN3CCN(c4ccc5c(C6CCC(=O)NC6=O)nn(C)c5c4)C(C)(C)C3)CC2)cccc1-c1ccc(N2CCc3cccc(C(=O)Nc4nc5ccccc5s4)c3C2)nc1C(=O)OC(C)(C)C. The second kappa shape index (κ2) is 38.7. The molecule has 9 heterocycles. The van der Waals surface area contributed by atoms with Gasteiger partial charge in [0.05, 0.1) is 49.8 Å². The predicted octanol–water partition coefficient (Wildman–Crippen LogP) is 20.5. The number of pyridine rings is 2. The number of rotatable bonds is 23. The maximum atomic E-state index is 14.2. The van der Waals surface area contributed by atoms with Gasteiger partial charge in [0.15, 0.2) is 21.7 Å². The summed E-state index contributed by atoms with van der Waals surface area (Å²) >= 11 is 2.90. The van der Waals surface area contributed by atoms with Crippen LogP contribution in [0.3, 0.4) is 0 Å². The fourth-order valence-electron chi connectivity index (χ4n) is 19.8. The second-order valence-electron chi connectivity index (χ2n) is 38.5. The van der Waals surface area contributed by atoms with E-state index in [0.717, 1.165) is 195 Å². The highest BCUT2D eigenvalue weighted by Gasteiger charge is 2.38. The zero-order valence-corrected chi connectivity index (χ0v) is 78.4. The van der Waals surface area contributed by atoms with Crippen molar-refractivity contribution in [2.45, 2.75) is 220 Å². The summed E-state index contributed by atoms with van der Waals surface area (Å²) in [5.41, 5.74) is 13.8. The lowest BCUT2D eigenvalue weighted by atomic mass is 9.84. The van der Waals surface area contributed by atoms with Crippen LogP contribution in [0.15, 0.2) is 164 Å². The number of carbonyl (C=O) groups is 7. The van der Waals surface area contributed by atoms with E-state index in [2.05, 4.69) is 96.6 Å². The van der Waals surface area contributed by atoms with Crippen molar-refractivity contribution in [1.82, 2.24) is 39.9 Å². The van der Waals surface area contributed by atoms with Crippen molar-refractivity contribution in [3.05, 3.63) is 225 Å². The molecule has 0 spiro atoms. The van der Waals surface area contributed by atoms with Gasteiger partial charge in [-0.3, -0.25) is 44.7 Å². The van der Waals surface area contributed by atoms with Gasteiger partial charge in [0.25, 0.3) is 11.8 Å². The van der Waals surface area contributed by atoms with Gasteiger partial charge < -0.3 is 38.4 Å². The minimum absolute atomic E-state index is 0.0771. The van der Waals surface area contributed by atoms with E-state index in [4.69, 9.17) is 34.0 Å². The summed E-state index contributed by atoms with van der Waals surface area (Å²) in [6.07, 6.45) is 15.7. The number of aldehydes is 1. The summed E-state index contributed by atoms with van der Waals surface area (Å²) < 4.78 is 29.2. The molecule has 680 valence electrons. The predicted molar refractivity (Wildman–Crippen MR) is 518 cm³/mol. The van der Waals surface area contributed by atoms with Crippen LogP contribution in [-0.2, 0) is 56.8 Å². The van der Waals surface area contributed by atoms with Crippen LogP contribution in [0.2, 0.25) is 0 Å². The van der Waals surface area contributed by atoms with Gasteiger partial charge in [0.1, 0.15) is 40.6 Å². The topological polar surface area (TPSA) is 275 Å². The van der Waals surface area contributed by atoms with E-state index in [-0.39, 0.29) is 52.8 Å². The van der Waals surface area contributed by atoms with Crippen molar-refractivity contribution >= 4 is 123 Å². The Morgan fingerprint density at radius 1 is 0.550 bits per heavy atom. The van der Waals surface area contributed by atoms with Gasteiger partial charge in [-0.25, -0.2) is 29.5 Å². The Morgan fingerprint density at radius 2 is 1.05 bits per heavy atom. The molecule has 4 aliphatic heterocycles. The van der Waals surface area contributed by atoms with Crippen LogP contribution >= 0.6 is 22.7 Å². The number of hydrogen-bond donors (Lipinski definition) is 3. The number of thiazole rings is 2. The van der Waals surface area contributed by atoms with Gasteiger partial charge in [0, 0.05) is 105 Å². The smallest absolute Gasteiger partial charge is 0.358 e. The van der Waals surface area contributed by atoms with Gasteiger partial charge in [-0.15, -0.1) is 0 Å². The molecule has 6 aliphatic rings. The van der Waals surface area contributed by atoms with E-state index in [1.54, 1.807) is 0 Å². The zero-order valence-electron chi connectivity index (χ0n) is 76.8. The molecule has 5 aromatic heterocycles. The number of carbonyl (C=O) groups excluding carboxylic acids is 7. The van der Waals surface area contributed by atoms with Crippen LogP contribution in [0, 0.1) is 25.7 Å². The fourth-order valence-corrected chi connectivity index (χ4v) is 21.5. The number of amides is 4. The van der Waals surface area contributed by atoms with Crippen LogP contribution in [0.1, 0.15) is 232 Å². The number of esters is 2. The molecule has 2 saturated heterocycles. The molecule has 4 amide bonds. The highest BCUT2D eigenvalue weighted by molar-refractivity contribution is 7.22. The molecule has 1 unspecified atom stereocenters. The number of piperidine rings is 1. The van der Waals surface area contributed by atoms with E-state index in [1.807, 2.05) is 194 Å². The van der Waals surface area contributed by atoms with Crippen molar-refractivity contribution in [2.75, 3.05) is 64.6 Å². The lowest BCUT2D eigenvalue weighted by Gasteiger charge is -2.48. The van der Waals surface area contributed by atoms with Gasteiger partial charge in [-0.05, 0) is 313 Å². The fraction of sp³-hybridized carbons (Fsp3) is 0.410. The molecule has 26 heteroatoms. The third kappa shape index (κ3) is 20.7. The average molecular weight is 1800 g/mol. The molecule has 0 bridgehead atoms. The lowest BCUT2D eigenvalue weighted by Crippen LogP contribution is -2.59. The number of anilines is 5. The highest BCUT2D eigenvalue weighted by atomic mass is 32.1. The third-order valence-electron chi connectivity index (χ3n) is 26.5. The first-order chi connectivity index (χ1) is 63.0. The molecule has 131 heavy (non-hydrogen) atoms. The van der Waals surface area contributed by atoms with E-state index in [0.29, 0.717) is 108 Å². The Balaban J connectivity index is 0.000000197. The second-order valence-corrected chi connectivity index (χ2v) is 40.5. The standard InChI is InChI=1S/C62H71N9O6S.C43H46N4O5S/c1-38-43(44-26-28-53(64-56(44)59(75)77-61(2,3)4)70-32-30-40-14-10-16-45(48(40)36-70)57(73)66-60-63-49-17-8-9-19-52(49)78-60)15-11-18-51(38)76-42-23-20-39(21-24-42)13-12-31-69-33-34-71(62(5,6)37-69)41-22-25-46-50(35-41)68(7)67-55(46)47-27-29-54(72)65-58(47)74;1-27-31(12-8-15-36(27)51-30-19-17-28(18-20-30)10-9-25-48)32-21-22-38(45-39(32)41(50)52-43(2,3)4)47-24-23-29-11-7-13-33(34(29)26-47)40(49)46-42-44-35-14-5-6-16-37(35)53-42/h8-11,14-19,22,25-26,28,35,39,42,47H,12-13,20-21,23-24,27,29-34,36-37H2,1-7H3,(H,63,66,73)(H,65,72,74);5-8,11-16,21-22,25,28,30H,9-10,17-20,23-24,26H2,1-4H3,(H,44,46,49). The number of imide groups is 1. The minimum atomic E-state index is -0.735. The van der Waals surface area contributed by atoms with Crippen molar-refractivity contribution in [2.24, 2.45) is 18.9 Å². The van der Waals surface area contributed by atoms with E-state index in [1.165, 1.54) is 35.5 Å². The molecule has 1 atom stereocenters. The number of nitrogens with zero attached hydrogens (tertiary/aromatic N) is 10. The number of ether oxygens (including phenoxy) is 4. The van der Waals surface area contributed by atoms with Crippen LogP contribution < -0.4 is 40.1 Å². The minimum Gasteiger partial charge on any atom is -0.490 e. The van der Waals surface area contributed by atoms with E-state index < -0.39 is 29.1 Å². The normalized spacial score (nSPS) is 18.8. The molecule has 2 aliphatic carbocycles. The van der Waals surface area contributed by atoms with Crippen molar-refractivity contribution < 1.29 is 52.5 Å². The van der Waals surface area contributed by atoms with Crippen molar-refractivity contribution in [1.29, 1.82) is 0 Å². The number of aryl methyl sites for hydroxylation is 1. The van der Waals surface area contributed by atoms with Crippen LogP contribution in [0.25, 0.3) is 53.6 Å². The molecule has 2 saturated carbocycles. The number of para-hydroxylation sites is 2. The number of nitrogens with one attached hydrogen (secondary N) is 3. The Labute approximate surface area is 773 Å². The molecular weight excluding hydrogens is 1680 g/mol. The monoisotopic (exact) mass is 1800 g/mol. The molecule has 18 rings (SSSR count). The van der Waals surface area contributed by atoms with Gasteiger partial charge in [-0.1, -0.05) is 95.5 Å². The number of piperazine rings is 1. The maximum absolute atomic E-state index is 14.2. The molecule has 24 nitrogen and oxygen atoms in total. The average Bonchev–Trinajstić information content (AvgIpc) is 1.70. The first-order valence-corrected chi connectivity index (χ1v) is 48.0. The summed E-state index contributed by atoms with van der Waals surface area (Å²) in [4.78, 5) is 120. The Hall–Kier alpha value is -12.3. The summed E-state index contributed by atoms with van der Waals surface area (Å²) in [5, 5.41) is 15.4. The molecule has 7 aromatic carbocycles. The summed E-state index contributed by atoms with van der Waals surface area (Å²) in [5.74, 6) is 1.84. The van der Waals surface area contributed by atoms with E-state index >= 15 is 0 Å². The van der Waals surface area contributed by atoms with Gasteiger partial charge in [0.2, 0.25) is 11.8 Å². The van der Waals surface area contributed by atoms with Crippen LogP contribution in [0.5, 0.6) is 11.5 Å². The molecule has 0 radical (unpaired) electrons. The largest absolute Gasteiger partial charge is 0.490 e. The Kier molecular flexibility index (Phi) is 26.8. The first kappa shape index (κ1) is 90.7. The first-order valence-electron chi connectivity index (χ1n) is 46.3. The quantitative estimate of drug-likeness (QED) is 0.0305. The number of fused-ring (bicyclic) bond motifs is 5. The summed E-state index contributed by atoms with van der Waals surface area (Å²) in [6, 6.07) is 53.7. The maximum Gasteiger partial charge on any atom is 0.358 e. The highest BCUT2D eigenvalue weighted by Crippen LogP contribution is 2.43. The molecule has 12 aromatic rings. The van der Waals surface area contributed by atoms with E-state index in [9.17, 15) is 33.6 Å². The Morgan fingerprint density at radius 3 is 1.54 bits per heavy atom. The van der Waals surface area contributed by atoms with Crippen LogP contribution in [-0.4, -0.2) is 145 Å². The van der Waals surface area contributed by atoms with Gasteiger partial charge >= 0.3 is 11.9 Å². The molecular formula is C105H117N13O11S2. The summed E-state index contributed by atoms with van der Waals surface area (Å²) in [7, 11) is 1.93. The zero-order chi connectivity index (χ0) is 91.6. The molecule has 3 N–H and O–H groups in total. The third-order valence-corrected chi connectivity index (χ3v) is 28.4. The number of hydrogen-bond acceptors (Lipinski definition) is 22. The summed E-state index contributed by atoms with van der Waals surface area (Å²) in [6.45, 7) is 26.1. The lowest BCUT2D eigenvalue weighted by molar-refractivity contribution is -0.134. The van der Waals surface area contributed by atoms with Crippen LogP contribution in [0.4, 0.5) is 27.6 Å². The van der Waals surface area contributed by atoms with Crippen molar-refractivity contribution in [3.63, 3.8) is 0 Å². The molecule has 4 fully saturated rings. The Bertz CT molecular complexity index is 6260. The number of aromatic nitrogens is 6. The number of benzene rings is 7. The van der Waals surface area contributed by atoms with Crippen molar-refractivity contribution in [3.8, 4) is 33.8 Å².